The first-order chi connectivity index (χ1) is 11.1. The summed E-state index contributed by atoms with van der Waals surface area (Å²) in [7, 11) is 0. The van der Waals surface area contributed by atoms with Crippen LogP contribution in [-0.2, 0) is 6.42 Å². The van der Waals surface area contributed by atoms with Gasteiger partial charge >= 0.3 is 0 Å². The minimum Gasteiger partial charge on any atom is -0.352 e. The number of para-hydroxylation sites is 2. The number of carbonyl (C=O) groups is 1. The van der Waals surface area contributed by atoms with Crippen LogP contribution < -0.4 is 5.32 Å². The van der Waals surface area contributed by atoms with Crippen molar-refractivity contribution >= 4 is 16.9 Å². The van der Waals surface area contributed by atoms with Crippen molar-refractivity contribution in [3.63, 3.8) is 0 Å². The number of nitrogens with zero attached hydrogens (tertiary/aromatic N) is 1. The zero-order chi connectivity index (χ0) is 16.2. The highest BCUT2D eigenvalue weighted by molar-refractivity contribution is 5.94. The molecule has 3 aromatic rings. The third-order valence-electron chi connectivity index (χ3n) is 4.08. The van der Waals surface area contributed by atoms with Gasteiger partial charge in [0.2, 0.25) is 0 Å². The quantitative estimate of drug-likeness (QED) is 0.708. The molecule has 4 heteroatoms. The Kier molecular flexibility index (Phi) is 4.42. The zero-order valence-electron chi connectivity index (χ0n) is 13.5. The fourth-order valence-corrected chi connectivity index (χ4v) is 2.57. The summed E-state index contributed by atoms with van der Waals surface area (Å²) in [5.74, 6) is 0.948. The largest absolute Gasteiger partial charge is 0.352 e. The Morgan fingerprint density at radius 1 is 1.13 bits per heavy atom. The van der Waals surface area contributed by atoms with E-state index in [0.717, 1.165) is 40.8 Å². The Bertz CT molecular complexity index is 803. The number of fused-ring (bicyclic) bond motifs is 1. The molecule has 4 nitrogen and oxygen atoms in total. The van der Waals surface area contributed by atoms with Crippen molar-refractivity contribution in [2.45, 2.75) is 26.7 Å². The number of aryl methyl sites for hydroxylation is 3. The molecule has 0 fully saturated rings. The maximum atomic E-state index is 12.1. The standard InChI is InChI=1S/C19H21N3O/c1-13-9-10-15(12-14(13)2)19(23)20-11-5-8-18-21-16-6-3-4-7-17(16)22-18/h3-4,6-7,9-10,12H,5,8,11H2,1-2H3,(H,20,23)(H,21,22). The average Bonchev–Trinajstić information content (AvgIpc) is 2.96. The molecule has 0 bridgehead atoms. The van der Waals surface area contributed by atoms with E-state index in [1.807, 2.05) is 56.3 Å². The van der Waals surface area contributed by atoms with Gasteiger partial charge in [-0.2, -0.15) is 0 Å². The van der Waals surface area contributed by atoms with Gasteiger partial charge in [0.05, 0.1) is 11.0 Å². The van der Waals surface area contributed by atoms with Crippen LogP contribution in [0, 0.1) is 13.8 Å². The molecular formula is C19H21N3O. The van der Waals surface area contributed by atoms with Gasteiger partial charge in [-0.05, 0) is 55.7 Å². The van der Waals surface area contributed by atoms with Crippen LogP contribution in [0.4, 0.5) is 0 Å². The number of hydrogen-bond donors (Lipinski definition) is 2. The SMILES string of the molecule is Cc1ccc(C(=O)NCCCc2nc3ccccc3[nH]2)cc1C. The monoisotopic (exact) mass is 307 g/mol. The molecule has 1 heterocycles. The Balaban J connectivity index is 1.51. The van der Waals surface area contributed by atoms with Crippen molar-refractivity contribution < 1.29 is 4.79 Å². The van der Waals surface area contributed by atoms with E-state index in [1.165, 1.54) is 5.56 Å². The molecule has 0 spiro atoms. The number of nitrogens with one attached hydrogen (secondary N) is 2. The zero-order valence-corrected chi connectivity index (χ0v) is 13.5. The summed E-state index contributed by atoms with van der Waals surface area (Å²) in [6.07, 6.45) is 1.68. The molecule has 3 rings (SSSR count). The van der Waals surface area contributed by atoms with E-state index in [2.05, 4.69) is 15.3 Å². The lowest BCUT2D eigenvalue weighted by Crippen LogP contribution is -2.24. The lowest BCUT2D eigenvalue weighted by atomic mass is 10.1. The molecule has 1 aromatic heterocycles. The predicted octanol–water partition coefficient (Wildman–Crippen LogP) is 3.54. The van der Waals surface area contributed by atoms with Crippen molar-refractivity contribution in [3.05, 3.63) is 65.0 Å². The number of imidazole rings is 1. The molecule has 0 unspecified atom stereocenters. The highest BCUT2D eigenvalue weighted by Crippen LogP contribution is 2.12. The molecule has 0 radical (unpaired) electrons. The number of carbonyl (C=O) groups excluding carboxylic acids is 1. The van der Waals surface area contributed by atoms with E-state index in [1.54, 1.807) is 0 Å². The molecule has 23 heavy (non-hydrogen) atoms. The summed E-state index contributed by atoms with van der Waals surface area (Å²) < 4.78 is 0. The Morgan fingerprint density at radius 3 is 2.74 bits per heavy atom. The van der Waals surface area contributed by atoms with Crippen LogP contribution in [0.5, 0.6) is 0 Å². The summed E-state index contributed by atoms with van der Waals surface area (Å²) >= 11 is 0. The molecule has 2 aromatic carbocycles. The topological polar surface area (TPSA) is 57.8 Å². The summed E-state index contributed by atoms with van der Waals surface area (Å²) in [4.78, 5) is 20.0. The van der Waals surface area contributed by atoms with Gasteiger partial charge in [-0.25, -0.2) is 4.98 Å². The van der Waals surface area contributed by atoms with Crippen molar-refractivity contribution in [1.29, 1.82) is 0 Å². The van der Waals surface area contributed by atoms with E-state index in [0.29, 0.717) is 6.54 Å². The summed E-state index contributed by atoms with van der Waals surface area (Å²) in [5, 5.41) is 2.97. The summed E-state index contributed by atoms with van der Waals surface area (Å²) in [6, 6.07) is 13.8. The number of amides is 1. The van der Waals surface area contributed by atoms with Crippen LogP contribution in [0.15, 0.2) is 42.5 Å². The van der Waals surface area contributed by atoms with E-state index < -0.39 is 0 Å². The predicted molar refractivity (Wildman–Crippen MR) is 92.7 cm³/mol. The third kappa shape index (κ3) is 3.59. The van der Waals surface area contributed by atoms with Crippen molar-refractivity contribution in [2.24, 2.45) is 0 Å². The smallest absolute Gasteiger partial charge is 0.251 e. The van der Waals surface area contributed by atoms with Crippen LogP contribution in [-0.4, -0.2) is 22.4 Å². The molecule has 0 saturated heterocycles. The molecular weight excluding hydrogens is 286 g/mol. The van der Waals surface area contributed by atoms with Crippen LogP contribution in [0.25, 0.3) is 11.0 Å². The number of hydrogen-bond acceptors (Lipinski definition) is 2. The molecule has 0 saturated carbocycles. The van der Waals surface area contributed by atoms with E-state index in [4.69, 9.17) is 0 Å². The number of benzene rings is 2. The van der Waals surface area contributed by atoms with Crippen LogP contribution in [0.3, 0.4) is 0 Å². The van der Waals surface area contributed by atoms with Gasteiger partial charge in [0.1, 0.15) is 5.82 Å². The fraction of sp³-hybridized carbons (Fsp3) is 0.263. The average molecular weight is 307 g/mol. The summed E-state index contributed by atoms with van der Waals surface area (Å²) in [5.41, 5.74) is 5.10. The van der Waals surface area contributed by atoms with E-state index in [-0.39, 0.29) is 5.91 Å². The van der Waals surface area contributed by atoms with Gasteiger partial charge in [0, 0.05) is 18.5 Å². The van der Waals surface area contributed by atoms with Gasteiger partial charge in [-0.15, -0.1) is 0 Å². The normalized spacial score (nSPS) is 10.9. The molecule has 0 aliphatic heterocycles. The van der Waals surface area contributed by atoms with Gasteiger partial charge < -0.3 is 10.3 Å². The van der Waals surface area contributed by atoms with Crippen molar-refractivity contribution in [3.8, 4) is 0 Å². The second-order valence-corrected chi connectivity index (χ2v) is 5.86. The number of rotatable bonds is 5. The lowest BCUT2D eigenvalue weighted by Gasteiger charge is -2.06. The minimum atomic E-state index is -0.0160. The Labute approximate surface area is 136 Å². The first-order valence-corrected chi connectivity index (χ1v) is 7.92. The van der Waals surface area contributed by atoms with E-state index >= 15 is 0 Å². The molecule has 0 aliphatic rings. The maximum Gasteiger partial charge on any atom is 0.251 e. The van der Waals surface area contributed by atoms with Gasteiger partial charge in [-0.1, -0.05) is 18.2 Å². The molecule has 2 N–H and O–H groups in total. The second kappa shape index (κ2) is 6.65. The van der Waals surface area contributed by atoms with Crippen LogP contribution in [0.1, 0.15) is 33.7 Å². The molecule has 0 atom stereocenters. The second-order valence-electron chi connectivity index (χ2n) is 5.86. The Hall–Kier alpha value is -2.62. The van der Waals surface area contributed by atoms with E-state index in [9.17, 15) is 4.79 Å². The highest BCUT2D eigenvalue weighted by Gasteiger charge is 2.06. The van der Waals surface area contributed by atoms with Crippen molar-refractivity contribution in [1.82, 2.24) is 15.3 Å². The van der Waals surface area contributed by atoms with Gasteiger partial charge in [-0.3, -0.25) is 4.79 Å². The Morgan fingerprint density at radius 2 is 1.96 bits per heavy atom. The van der Waals surface area contributed by atoms with Crippen molar-refractivity contribution in [2.75, 3.05) is 6.54 Å². The number of H-pyrrole nitrogens is 1. The number of aromatic amines is 1. The fourth-order valence-electron chi connectivity index (χ4n) is 2.57. The molecule has 1 amide bonds. The summed E-state index contributed by atoms with van der Waals surface area (Å²) in [6.45, 7) is 4.71. The van der Waals surface area contributed by atoms with Crippen LogP contribution in [0.2, 0.25) is 0 Å². The van der Waals surface area contributed by atoms with Gasteiger partial charge in [0.15, 0.2) is 0 Å². The molecule has 118 valence electrons. The lowest BCUT2D eigenvalue weighted by molar-refractivity contribution is 0.0953. The molecule has 0 aliphatic carbocycles. The highest BCUT2D eigenvalue weighted by atomic mass is 16.1. The first kappa shape index (κ1) is 15.3. The van der Waals surface area contributed by atoms with Crippen LogP contribution >= 0.6 is 0 Å². The number of aromatic nitrogens is 2. The van der Waals surface area contributed by atoms with Gasteiger partial charge in [0.25, 0.3) is 5.91 Å². The first-order valence-electron chi connectivity index (χ1n) is 7.92. The minimum absolute atomic E-state index is 0.0160. The maximum absolute atomic E-state index is 12.1. The third-order valence-corrected chi connectivity index (χ3v) is 4.08.